The average molecular weight is 197 g/mol. The van der Waals surface area contributed by atoms with E-state index in [2.05, 4.69) is 16.8 Å². The average Bonchev–Trinajstić information content (AvgIpc) is 2.56. The van der Waals surface area contributed by atoms with Crippen molar-refractivity contribution in [2.75, 3.05) is 39.8 Å². The number of nitrogens with two attached hydrogens (primary N) is 1. The summed E-state index contributed by atoms with van der Waals surface area (Å²) in [7, 11) is 2.22. The summed E-state index contributed by atoms with van der Waals surface area (Å²) in [5.41, 5.74) is 5.90. The molecule has 2 N–H and O–H groups in total. The van der Waals surface area contributed by atoms with E-state index < -0.39 is 0 Å². The summed E-state index contributed by atoms with van der Waals surface area (Å²) in [6.45, 7) is 6.22. The molecule has 2 saturated heterocycles. The van der Waals surface area contributed by atoms with Gasteiger partial charge in [0.1, 0.15) is 0 Å². The van der Waals surface area contributed by atoms with E-state index in [9.17, 15) is 0 Å². The Morgan fingerprint density at radius 1 is 1.14 bits per heavy atom. The molecule has 2 heterocycles. The number of hydrogen-bond acceptors (Lipinski definition) is 3. The Hall–Kier alpha value is -0.120. The normalized spacial score (nSPS) is 32.6. The van der Waals surface area contributed by atoms with Crippen LogP contribution in [-0.2, 0) is 0 Å². The Labute approximate surface area is 87.2 Å². The molecule has 0 aromatic heterocycles. The van der Waals surface area contributed by atoms with Gasteiger partial charge >= 0.3 is 0 Å². The molecule has 0 amide bonds. The van der Waals surface area contributed by atoms with Crippen LogP contribution in [0.3, 0.4) is 0 Å². The quantitative estimate of drug-likeness (QED) is 0.694. The molecule has 3 nitrogen and oxygen atoms in total. The zero-order chi connectivity index (χ0) is 9.97. The van der Waals surface area contributed by atoms with E-state index in [1.54, 1.807) is 0 Å². The lowest BCUT2D eigenvalue weighted by atomic mass is 9.97. The third kappa shape index (κ3) is 2.69. The summed E-state index contributed by atoms with van der Waals surface area (Å²) < 4.78 is 0. The highest BCUT2D eigenvalue weighted by Gasteiger charge is 2.23. The monoisotopic (exact) mass is 197 g/mol. The molecule has 2 rings (SSSR count). The number of piperidine rings is 1. The van der Waals surface area contributed by atoms with Crippen LogP contribution < -0.4 is 5.73 Å². The Morgan fingerprint density at radius 2 is 1.86 bits per heavy atom. The van der Waals surface area contributed by atoms with E-state index in [-0.39, 0.29) is 0 Å². The number of nitrogens with zero attached hydrogens (tertiary/aromatic N) is 2. The highest BCUT2D eigenvalue weighted by atomic mass is 15.2. The standard InChI is InChI=1S/C11H23N3/c1-13-5-2-10(3-6-13)8-14-7-4-11(12)9-14/h10-11H,2-9,12H2,1H3/t11-/m1/s1. The lowest BCUT2D eigenvalue weighted by Gasteiger charge is -2.31. The summed E-state index contributed by atoms with van der Waals surface area (Å²) in [5, 5.41) is 0. The molecule has 0 aromatic rings. The van der Waals surface area contributed by atoms with Gasteiger partial charge in [0, 0.05) is 19.1 Å². The summed E-state index contributed by atoms with van der Waals surface area (Å²) in [5.74, 6) is 0.927. The summed E-state index contributed by atoms with van der Waals surface area (Å²) in [4.78, 5) is 4.99. The van der Waals surface area contributed by atoms with Crippen molar-refractivity contribution in [2.24, 2.45) is 11.7 Å². The number of rotatable bonds is 2. The molecule has 14 heavy (non-hydrogen) atoms. The Kier molecular flexibility index (Phi) is 3.42. The van der Waals surface area contributed by atoms with Gasteiger partial charge in [-0.1, -0.05) is 0 Å². The predicted molar refractivity (Wildman–Crippen MR) is 59.3 cm³/mol. The summed E-state index contributed by atoms with van der Waals surface area (Å²) in [6, 6.07) is 0.446. The predicted octanol–water partition coefficient (Wildman–Crippen LogP) is 0.361. The van der Waals surface area contributed by atoms with Crippen molar-refractivity contribution >= 4 is 0 Å². The molecule has 0 aliphatic carbocycles. The largest absolute Gasteiger partial charge is 0.326 e. The number of hydrogen-bond donors (Lipinski definition) is 1. The highest BCUT2D eigenvalue weighted by molar-refractivity contribution is 4.81. The molecule has 0 unspecified atom stereocenters. The van der Waals surface area contributed by atoms with Crippen LogP contribution in [0.4, 0.5) is 0 Å². The maximum atomic E-state index is 5.90. The minimum Gasteiger partial charge on any atom is -0.326 e. The Morgan fingerprint density at radius 3 is 2.43 bits per heavy atom. The fraction of sp³-hybridized carbons (Fsp3) is 1.00. The van der Waals surface area contributed by atoms with Gasteiger partial charge in [0.15, 0.2) is 0 Å². The smallest absolute Gasteiger partial charge is 0.0180 e. The second-order valence-electron chi connectivity index (χ2n) is 5.05. The van der Waals surface area contributed by atoms with E-state index >= 15 is 0 Å². The Bertz CT molecular complexity index is 175. The molecule has 2 fully saturated rings. The molecule has 0 radical (unpaired) electrons. The van der Waals surface area contributed by atoms with E-state index in [0.29, 0.717) is 6.04 Å². The first-order valence-corrected chi connectivity index (χ1v) is 5.90. The first kappa shape index (κ1) is 10.4. The molecule has 0 spiro atoms. The third-order valence-corrected chi connectivity index (χ3v) is 3.66. The van der Waals surface area contributed by atoms with E-state index in [0.717, 1.165) is 12.5 Å². The minimum absolute atomic E-state index is 0.446. The third-order valence-electron chi connectivity index (χ3n) is 3.66. The van der Waals surface area contributed by atoms with Crippen molar-refractivity contribution in [1.29, 1.82) is 0 Å². The molecule has 2 aliphatic heterocycles. The van der Waals surface area contributed by atoms with Gasteiger partial charge in [-0.25, -0.2) is 0 Å². The van der Waals surface area contributed by atoms with E-state index in [4.69, 9.17) is 5.73 Å². The van der Waals surface area contributed by atoms with Crippen LogP contribution in [0.25, 0.3) is 0 Å². The first-order valence-electron chi connectivity index (χ1n) is 5.90. The van der Waals surface area contributed by atoms with E-state index in [1.165, 1.54) is 45.4 Å². The van der Waals surface area contributed by atoms with Crippen LogP contribution in [0.1, 0.15) is 19.3 Å². The van der Waals surface area contributed by atoms with Crippen LogP contribution in [0, 0.1) is 5.92 Å². The fourth-order valence-corrected chi connectivity index (χ4v) is 2.64. The highest BCUT2D eigenvalue weighted by Crippen LogP contribution is 2.19. The fourth-order valence-electron chi connectivity index (χ4n) is 2.64. The maximum Gasteiger partial charge on any atom is 0.0180 e. The lowest BCUT2D eigenvalue weighted by molar-refractivity contribution is 0.175. The van der Waals surface area contributed by atoms with Gasteiger partial charge in [0.25, 0.3) is 0 Å². The van der Waals surface area contributed by atoms with Crippen molar-refractivity contribution in [1.82, 2.24) is 9.80 Å². The van der Waals surface area contributed by atoms with Crippen LogP contribution in [0.5, 0.6) is 0 Å². The summed E-state index contributed by atoms with van der Waals surface area (Å²) in [6.07, 6.45) is 3.96. The van der Waals surface area contributed by atoms with Crippen LogP contribution >= 0.6 is 0 Å². The van der Waals surface area contributed by atoms with Gasteiger partial charge in [0.2, 0.25) is 0 Å². The zero-order valence-corrected chi connectivity index (χ0v) is 9.28. The second-order valence-corrected chi connectivity index (χ2v) is 5.05. The van der Waals surface area contributed by atoms with Crippen LogP contribution in [-0.4, -0.2) is 55.6 Å². The van der Waals surface area contributed by atoms with E-state index in [1.807, 2.05) is 0 Å². The van der Waals surface area contributed by atoms with Gasteiger partial charge in [-0.2, -0.15) is 0 Å². The van der Waals surface area contributed by atoms with Gasteiger partial charge in [-0.3, -0.25) is 0 Å². The van der Waals surface area contributed by atoms with Crippen molar-refractivity contribution in [2.45, 2.75) is 25.3 Å². The molecule has 0 saturated carbocycles. The van der Waals surface area contributed by atoms with Crippen molar-refractivity contribution in [3.63, 3.8) is 0 Å². The maximum absolute atomic E-state index is 5.90. The first-order chi connectivity index (χ1) is 6.74. The Balaban J connectivity index is 1.70. The van der Waals surface area contributed by atoms with Gasteiger partial charge in [-0.15, -0.1) is 0 Å². The molecular weight excluding hydrogens is 174 g/mol. The number of likely N-dealkylation sites (tertiary alicyclic amines) is 2. The molecule has 0 aromatic carbocycles. The van der Waals surface area contributed by atoms with Gasteiger partial charge in [-0.05, 0) is 51.9 Å². The van der Waals surface area contributed by atoms with Crippen LogP contribution in [0.15, 0.2) is 0 Å². The zero-order valence-electron chi connectivity index (χ0n) is 9.28. The summed E-state index contributed by atoms with van der Waals surface area (Å²) >= 11 is 0. The van der Waals surface area contributed by atoms with Crippen molar-refractivity contribution in [3.05, 3.63) is 0 Å². The molecule has 0 bridgehead atoms. The SMILES string of the molecule is CN1CCC(CN2CC[C@@H](N)C2)CC1. The molecular formula is C11H23N3. The van der Waals surface area contributed by atoms with Gasteiger partial charge < -0.3 is 15.5 Å². The molecule has 1 atom stereocenters. The molecule has 82 valence electrons. The van der Waals surface area contributed by atoms with Crippen LogP contribution in [0.2, 0.25) is 0 Å². The minimum atomic E-state index is 0.446. The lowest BCUT2D eigenvalue weighted by Crippen LogP contribution is -2.37. The second kappa shape index (κ2) is 4.60. The molecule has 3 heteroatoms. The van der Waals surface area contributed by atoms with Crippen molar-refractivity contribution in [3.8, 4) is 0 Å². The molecule has 2 aliphatic rings. The van der Waals surface area contributed by atoms with Gasteiger partial charge in [0.05, 0.1) is 0 Å². The topological polar surface area (TPSA) is 32.5 Å². The van der Waals surface area contributed by atoms with Crippen molar-refractivity contribution < 1.29 is 0 Å².